The van der Waals surface area contributed by atoms with Gasteiger partial charge in [0.15, 0.2) is 0 Å². The number of aryl methyl sites for hydroxylation is 1. The van der Waals surface area contributed by atoms with Crippen LogP contribution in [0.15, 0.2) is 24.3 Å². The molecule has 0 saturated heterocycles. The zero-order valence-corrected chi connectivity index (χ0v) is 14.3. The van der Waals surface area contributed by atoms with Gasteiger partial charge in [-0.3, -0.25) is 0 Å². The molecule has 0 aliphatic heterocycles. The molecule has 0 spiro atoms. The molecule has 0 heterocycles. The van der Waals surface area contributed by atoms with E-state index >= 15 is 0 Å². The Bertz CT molecular complexity index is 400. The third-order valence-electron chi connectivity index (χ3n) is 5.50. The molecule has 1 aromatic rings. The fourth-order valence-electron chi connectivity index (χ4n) is 3.62. The minimum Gasteiger partial charge on any atom is -0.310 e. The molecule has 2 rings (SSSR count). The van der Waals surface area contributed by atoms with Gasteiger partial charge in [-0.2, -0.15) is 0 Å². The summed E-state index contributed by atoms with van der Waals surface area (Å²) >= 11 is 0. The van der Waals surface area contributed by atoms with Crippen molar-refractivity contribution in [1.82, 2.24) is 5.32 Å². The highest BCUT2D eigenvalue weighted by Gasteiger charge is 2.31. The fourth-order valence-corrected chi connectivity index (χ4v) is 3.62. The summed E-state index contributed by atoms with van der Waals surface area (Å²) in [7, 11) is 0. The van der Waals surface area contributed by atoms with E-state index in [0.717, 1.165) is 0 Å². The van der Waals surface area contributed by atoms with Gasteiger partial charge in [-0.05, 0) is 55.6 Å². The van der Waals surface area contributed by atoms with Crippen LogP contribution in [-0.4, -0.2) is 6.54 Å². The smallest absolute Gasteiger partial charge is 0.0292 e. The molecular weight excluding hydrogens is 254 g/mol. The van der Waals surface area contributed by atoms with E-state index in [4.69, 9.17) is 0 Å². The van der Waals surface area contributed by atoms with Crippen LogP contribution in [0.1, 0.15) is 82.9 Å². The predicted octanol–water partition coefficient (Wildman–Crippen LogP) is 5.65. The molecule has 1 aromatic carbocycles. The monoisotopic (exact) mass is 287 g/mol. The first-order valence-corrected chi connectivity index (χ1v) is 9.01. The van der Waals surface area contributed by atoms with Gasteiger partial charge in [0.1, 0.15) is 0 Å². The van der Waals surface area contributed by atoms with E-state index in [2.05, 4.69) is 50.4 Å². The molecule has 0 aromatic heterocycles. The second kappa shape index (κ2) is 7.98. The molecule has 1 heteroatoms. The molecule has 1 nitrogen and oxygen atoms in total. The van der Waals surface area contributed by atoms with Crippen molar-refractivity contribution >= 4 is 0 Å². The number of hydrogen-bond acceptors (Lipinski definition) is 1. The van der Waals surface area contributed by atoms with E-state index in [0.29, 0.717) is 11.5 Å². The topological polar surface area (TPSA) is 12.0 Å². The van der Waals surface area contributed by atoms with Crippen molar-refractivity contribution in [2.24, 2.45) is 5.41 Å². The fraction of sp³-hybridized carbons (Fsp3) is 0.700. The highest BCUT2D eigenvalue weighted by atomic mass is 14.9. The molecule has 1 aliphatic rings. The molecular formula is C20H33N. The molecule has 1 atom stereocenters. The summed E-state index contributed by atoms with van der Waals surface area (Å²) < 4.78 is 0. The first kappa shape index (κ1) is 16.5. The van der Waals surface area contributed by atoms with Crippen molar-refractivity contribution in [3.05, 3.63) is 35.4 Å². The Labute approximate surface area is 131 Å². The van der Waals surface area contributed by atoms with Gasteiger partial charge < -0.3 is 5.32 Å². The molecule has 1 saturated carbocycles. The lowest BCUT2D eigenvalue weighted by Gasteiger charge is -2.30. The van der Waals surface area contributed by atoms with Gasteiger partial charge in [-0.15, -0.1) is 0 Å². The van der Waals surface area contributed by atoms with Gasteiger partial charge in [0.05, 0.1) is 0 Å². The third kappa shape index (κ3) is 4.57. The summed E-state index contributed by atoms with van der Waals surface area (Å²) in [5.74, 6) is 0. The minimum absolute atomic E-state index is 0.467. The van der Waals surface area contributed by atoms with Crippen LogP contribution in [0.5, 0.6) is 0 Å². The SMILES string of the molecule is CCCCc1ccc(C(C)NCC2(CC)CCCC2)cc1. The van der Waals surface area contributed by atoms with Gasteiger partial charge in [0.25, 0.3) is 0 Å². The van der Waals surface area contributed by atoms with E-state index in [9.17, 15) is 0 Å². The minimum atomic E-state index is 0.467. The summed E-state index contributed by atoms with van der Waals surface area (Å²) in [6.45, 7) is 8.11. The maximum absolute atomic E-state index is 3.80. The standard InChI is InChI=1S/C20H33N/c1-4-6-9-18-10-12-19(13-11-18)17(3)21-16-20(5-2)14-7-8-15-20/h10-13,17,21H,4-9,14-16H2,1-3H3. The van der Waals surface area contributed by atoms with Crippen molar-refractivity contribution in [2.45, 2.75) is 78.2 Å². The summed E-state index contributed by atoms with van der Waals surface area (Å²) in [5.41, 5.74) is 3.49. The Morgan fingerprint density at radius 1 is 1.10 bits per heavy atom. The van der Waals surface area contributed by atoms with Crippen LogP contribution >= 0.6 is 0 Å². The lowest BCUT2D eigenvalue weighted by atomic mass is 9.83. The number of benzene rings is 1. The first-order chi connectivity index (χ1) is 10.2. The van der Waals surface area contributed by atoms with E-state index in [1.165, 1.54) is 69.0 Å². The predicted molar refractivity (Wildman–Crippen MR) is 92.7 cm³/mol. The number of hydrogen-bond donors (Lipinski definition) is 1. The van der Waals surface area contributed by atoms with Crippen molar-refractivity contribution < 1.29 is 0 Å². The lowest BCUT2D eigenvalue weighted by Crippen LogP contribution is -2.33. The highest BCUT2D eigenvalue weighted by molar-refractivity contribution is 5.24. The molecule has 1 fully saturated rings. The third-order valence-corrected chi connectivity index (χ3v) is 5.50. The molecule has 0 amide bonds. The van der Waals surface area contributed by atoms with Crippen molar-refractivity contribution in [3.8, 4) is 0 Å². The van der Waals surface area contributed by atoms with Crippen LogP contribution in [0.25, 0.3) is 0 Å². The van der Waals surface area contributed by atoms with Crippen molar-refractivity contribution in [2.75, 3.05) is 6.54 Å². The van der Waals surface area contributed by atoms with E-state index in [1.807, 2.05) is 0 Å². The van der Waals surface area contributed by atoms with Crippen LogP contribution < -0.4 is 5.32 Å². The molecule has 118 valence electrons. The van der Waals surface area contributed by atoms with Gasteiger partial charge in [0, 0.05) is 12.6 Å². The maximum atomic E-state index is 3.80. The maximum Gasteiger partial charge on any atom is 0.0292 e. The van der Waals surface area contributed by atoms with Gasteiger partial charge in [-0.1, -0.05) is 57.4 Å². The van der Waals surface area contributed by atoms with Gasteiger partial charge in [0.2, 0.25) is 0 Å². The van der Waals surface area contributed by atoms with Gasteiger partial charge in [-0.25, -0.2) is 0 Å². The largest absolute Gasteiger partial charge is 0.310 e. The van der Waals surface area contributed by atoms with Crippen LogP contribution in [-0.2, 0) is 6.42 Å². The van der Waals surface area contributed by atoms with E-state index < -0.39 is 0 Å². The normalized spacial score (nSPS) is 18.8. The van der Waals surface area contributed by atoms with Gasteiger partial charge >= 0.3 is 0 Å². The molecule has 1 N–H and O–H groups in total. The highest BCUT2D eigenvalue weighted by Crippen LogP contribution is 2.40. The lowest BCUT2D eigenvalue weighted by molar-refractivity contribution is 0.259. The first-order valence-electron chi connectivity index (χ1n) is 9.01. The van der Waals surface area contributed by atoms with Crippen LogP contribution in [0.4, 0.5) is 0 Å². The molecule has 1 unspecified atom stereocenters. The molecule has 0 bridgehead atoms. The van der Waals surface area contributed by atoms with Crippen molar-refractivity contribution in [1.29, 1.82) is 0 Å². The average Bonchev–Trinajstić information content (AvgIpc) is 3.00. The second-order valence-electron chi connectivity index (χ2n) is 7.01. The van der Waals surface area contributed by atoms with Crippen LogP contribution in [0.3, 0.4) is 0 Å². The Morgan fingerprint density at radius 3 is 2.33 bits per heavy atom. The Kier molecular flexibility index (Phi) is 6.29. The number of rotatable bonds is 8. The van der Waals surface area contributed by atoms with Crippen molar-refractivity contribution in [3.63, 3.8) is 0 Å². The summed E-state index contributed by atoms with van der Waals surface area (Å²) in [6, 6.07) is 9.73. The second-order valence-corrected chi connectivity index (χ2v) is 7.01. The Balaban J connectivity index is 1.86. The quantitative estimate of drug-likeness (QED) is 0.651. The zero-order chi connectivity index (χ0) is 15.1. The summed E-state index contributed by atoms with van der Waals surface area (Å²) in [4.78, 5) is 0. The average molecular weight is 287 g/mol. The summed E-state index contributed by atoms with van der Waals surface area (Å²) in [6.07, 6.45) is 10.8. The molecule has 21 heavy (non-hydrogen) atoms. The van der Waals surface area contributed by atoms with Crippen LogP contribution in [0, 0.1) is 5.41 Å². The van der Waals surface area contributed by atoms with E-state index in [-0.39, 0.29) is 0 Å². The number of nitrogens with one attached hydrogen (secondary N) is 1. The Morgan fingerprint density at radius 2 is 1.76 bits per heavy atom. The Hall–Kier alpha value is -0.820. The molecule has 0 radical (unpaired) electrons. The van der Waals surface area contributed by atoms with E-state index in [1.54, 1.807) is 0 Å². The zero-order valence-electron chi connectivity index (χ0n) is 14.3. The number of unbranched alkanes of at least 4 members (excludes halogenated alkanes) is 1. The van der Waals surface area contributed by atoms with Crippen LogP contribution in [0.2, 0.25) is 0 Å². The summed E-state index contributed by atoms with van der Waals surface area (Å²) in [5, 5.41) is 3.80. The molecule has 1 aliphatic carbocycles.